The van der Waals surface area contributed by atoms with Gasteiger partial charge in [0.15, 0.2) is 0 Å². The third-order valence-corrected chi connectivity index (χ3v) is 10.6. The molecule has 0 N–H and O–H groups in total. The first kappa shape index (κ1) is 29.4. The maximum Gasteiger partial charge on any atom is 0.113 e. The molecule has 1 aromatic heterocycles. The number of hydrogen-bond acceptors (Lipinski definition) is 6. The number of rotatable bonds is 5. The Morgan fingerprint density at radius 1 is 0.353 bits per heavy atom. The summed E-state index contributed by atoms with van der Waals surface area (Å²) in [6, 6.07) is 61.9. The zero-order valence-electron chi connectivity index (χ0n) is 27.4. The molecular formula is C44H30N6S. The van der Waals surface area contributed by atoms with Crippen molar-refractivity contribution in [3.63, 3.8) is 0 Å². The highest BCUT2D eigenvalue weighted by molar-refractivity contribution is 7.99. The molecule has 2 aliphatic heterocycles. The molecule has 0 saturated carbocycles. The van der Waals surface area contributed by atoms with E-state index in [1.807, 2.05) is 22.6 Å². The number of nitrogens with zero attached hydrogens (tertiary/aromatic N) is 6. The number of fused-ring (bicyclic) bond motifs is 4. The molecule has 0 aliphatic carbocycles. The summed E-state index contributed by atoms with van der Waals surface area (Å²) >= 11 is 1.82. The fourth-order valence-electron chi connectivity index (χ4n) is 7.18. The van der Waals surface area contributed by atoms with E-state index in [0.717, 1.165) is 56.8 Å². The lowest BCUT2D eigenvalue weighted by Crippen LogP contribution is -2.24. The Morgan fingerprint density at radius 3 is 1.33 bits per heavy atom. The van der Waals surface area contributed by atoms with Gasteiger partial charge in [0.05, 0.1) is 51.7 Å². The summed E-state index contributed by atoms with van der Waals surface area (Å²) in [5, 5.41) is 9.35. The first-order chi connectivity index (χ1) is 25.3. The third-order valence-electron chi connectivity index (χ3n) is 9.46. The number of para-hydroxylation sites is 9. The fraction of sp³-hybridized carbons (Fsp3) is 0. The van der Waals surface area contributed by atoms with Crippen molar-refractivity contribution in [2.24, 2.45) is 0 Å². The van der Waals surface area contributed by atoms with Crippen molar-refractivity contribution in [1.29, 1.82) is 0 Å². The molecule has 51 heavy (non-hydrogen) atoms. The van der Waals surface area contributed by atoms with Crippen LogP contribution in [-0.4, -0.2) is 15.0 Å². The van der Waals surface area contributed by atoms with Gasteiger partial charge in [-0.2, -0.15) is 0 Å². The Balaban J connectivity index is 1.02. The lowest BCUT2D eigenvalue weighted by atomic mass is 10.0. The van der Waals surface area contributed by atoms with E-state index in [9.17, 15) is 0 Å². The van der Waals surface area contributed by atoms with E-state index in [0.29, 0.717) is 0 Å². The molecule has 8 aromatic rings. The van der Waals surface area contributed by atoms with E-state index in [4.69, 9.17) is 0 Å². The molecule has 6 nitrogen and oxygen atoms in total. The van der Waals surface area contributed by atoms with Gasteiger partial charge in [0.25, 0.3) is 0 Å². The second kappa shape index (κ2) is 12.1. The summed E-state index contributed by atoms with van der Waals surface area (Å²) in [6.45, 7) is 0. The molecule has 0 amide bonds. The summed E-state index contributed by atoms with van der Waals surface area (Å²) in [4.78, 5) is 9.50. The SMILES string of the molecule is c1ccc(N2c3ccccc3N(c3ccccc3-n3cc(-c4ccc(N5c6ccccc6Sc6ccccc65)cc4)nn3)c3ccccc32)cc1. The maximum atomic E-state index is 4.68. The Bertz CT molecular complexity index is 2450. The largest absolute Gasteiger partial charge is 0.308 e. The normalized spacial score (nSPS) is 12.9. The van der Waals surface area contributed by atoms with Crippen molar-refractivity contribution in [2.75, 3.05) is 14.7 Å². The topological polar surface area (TPSA) is 40.4 Å². The molecule has 0 bridgehead atoms. The highest BCUT2D eigenvalue weighted by Gasteiger charge is 2.31. The molecule has 3 heterocycles. The second-order valence-corrected chi connectivity index (χ2v) is 13.5. The highest BCUT2D eigenvalue weighted by atomic mass is 32.2. The van der Waals surface area contributed by atoms with Gasteiger partial charge in [-0.25, -0.2) is 4.68 Å². The minimum atomic E-state index is 0.807. The average molecular weight is 675 g/mol. The molecule has 2 aliphatic rings. The maximum absolute atomic E-state index is 4.68. The molecule has 0 fully saturated rings. The van der Waals surface area contributed by atoms with Crippen molar-refractivity contribution >= 4 is 62.9 Å². The van der Waals surface area contributed by atoms with Crippen LogP contribution in [-0.2, 0) is 0 Å². The number of anilines is 9. The van der Waals surface area contributed by atoms with Crippen LogP contribution >= 0.6 is 11.8 Å². The van der Waals surface area contributed by atoms with E-state index in [-0.39, 0.29) is 0 Å². The van der Waals surface area contributed by atoms with Crippen molar-refractivity contribution in [3.05, 3.63) is 182 Å². The van der Waals surface area contributed by atoms with Crippen molar-refractivity contribution in [3.8, 4) is 16.9 Å². The Labute approximate surface area is 300 Å². The Hall–Kier alpha value is -6.57. The molecular weight excluding hydrogens is 645 g/mol. The van der Waals surface area contributed by atoms with Gasteiger partial charge < -0.3 is 14.7 Å². The van der Waals surface area contributed by atoms with E-state index in [2.05, 4.69) is 201 Å². The molecule has 10 rings (SSSR count). The molecule has 242 valence electrons. The van der Waals surface area contributed by atoms with Gasteiger partial charge in [-0.1, -0.05) is 108 Å². The van der Waals surface area contributed by atoms with Gasteiger partial charge in [-0.15, -0.1) is 5.10 Å². The monoisotopic (exact) mass is 674 g/mol. The quantitative estimate of drug-likeness (QED) is 0.181. The lowest BCUT2D eigenvalue weighted by molar-refractivity contribution is 0.803. The van der Waals surface area contributed by atoms with E-state index in [1.54, 1.807) is 0 Å². The molecule has 0 atom stereocenters. The summed E-state index contributed by atoms with van der Waals surface area (Å²) in [5.74, 6) is 0. The molecule has 0 unspecified atom stereocenters. The molecule has 0 saturated heterocycles. The van der Waals surface area contributed by atoms with Crippen LogP contribution in [0.5, 0.6) is 0 Å². The number of aromatic nitrogens is 3. The van der Waals surface area contributed by atoms with Gasteiger partial charge in [0.1, 0.15) is 5.69 Å². The van der Waals surface area contributed by atoms with Crippen molar-refractivity contribution in [2.45, 2.75) is 9.79 Å². The first-order valence-electron chi connectivity index (χ1n) is 16.9. The lowest BCUT2D eigenvalue weighted by Gasteiger charge is -2.40. The van der Waals surface area contributed by atoms with Crippen LogP contribution in [0.15, 0.2) is 192 Å². The Morgan fingerprint density at radius 2 is 0.765 bits per heavy atom. The van der Waals surface area contributed by atoms with Gasteiger partial charge in [-0.3, -0.25) is 0 Å². The standard InChI is InChI=1S/C44H30N6S/c1-2-14-32(15-3-1)48-37-18-6-8-20-39(37)50(40-21-9-7-19-38(40)48)36-17-5-4-16-35(36)47-30-34(45-46-47)31-26-28-33(29-27-31)49-41-22-10-12-24-43(41)51-44-25-13-11-23-42(44)49/h1-30H. The Kier molecular flexibility index (Phi) is 6.96. The van der Waals surface area contributed by atoms with E-state index < -0.39 is 0 Å². The van der Waals surface area contributed by atoms with Crippen molar-refractivity contribution in [1.82, 2.24) is 15.0 Å². The smallest absolute Gasteiger partial charge is 0.113 e. The van der Waals surface area contributed by atoms with Crippen LogP contribution in [0, 0.1) is 0 Å². The predicted molar refractivity (Wildman–Crippen MR) is 209 cm³/mol. The second-order valence-electron chi connectivity index (χ2n) is 12.4. The van der Waals surface area contributed by atoms with Crippen LogP contribution in [0.1, 0.15) is 0 Å². The first-order valence-corrected chi connectivity index (χ1v) is 17.8. The van der Waals surface area contributed by atoms with Crippen LogP contribution < -0.4 is 14.7 Å². The zero-order valence-corrected chi connectivity index (χ0v) is 28.2. The summed E-state index contributed by atoms with van der Waals surface area (Å²) in [7, 11) is 0. The van der Waals surface area contributed by atoms with E-state index >= 15 is 0 Å². The molecule has 0 radical (unpaired) electrons. The summed E-state index contributed by atoms with van der Waals surface area (Å²) < 4.78 is 1.89. The highest BCUT2D eigenvalue weighted by Crippen LogP contribution is 2.55. The van der Waals surface area contributed by atoms with Gasteiger partial charge in [0, 0.05) is 26.7 Å². The van der Waals surface area contributed by atoms with Crippen LogP contribution in [0.2, 0.25) is 0 Å². The number of hydrogen-bond donors (Lipinski definition) is 0. The average Bonchev–Trinajstić information content (AvgIpc) is 3.70. The third kappa shape index (κ3) is 4.89. The van der Waals surface area contributed by atoms with Crippen LogP contribution in [0.3, 0.4) is 0 Å². The molecule has 0 spiro atoms. The van der Waals surface area contributed by atoms with Gasteiger partial charge >= 0.3 is 0 Å². The van der Waals surface area contributed by atoms with Gasteiger partial charge in [0.2, 0.25) is 0 Å². The van der Waals surface area contributed by atoms with Gasteiger partial charge in [-0.05, 0) is 84.9 Å². The van der Waals surface area contributed by atoms with Crippen molar-refractivity contribution < 1.29 is 0 Å². The van der Waals surface area contributed by atoms with E-state index in [1.165, 1.54) is 21.2 Å². The zero-order chi connectivity index (χ0) is 33.7. The minimum Gasteiger partial charge on any atom is -0.308 e. The molecule has 7 aromatic carbocycles. The molecule has 7 heteroatoms. The summed E-state index contributed by atoms with van der Waals surface area (Å²) in [6.07, 6.45) is 2.02. The van der Waals surface area contributed by atoms with Crippen LogP contribution in [0.25, 0.3) is 16.9 Å². The summed E-state index contributed by atoms with van der Waals surface area (Å²) in [5.41, 5.74) is 12.7. The van der Waals surface area contributed by atoms with Crippen LogP contribution in [0.4, 0.5) is 51.2 Å². The minimum absolute atomic E-state index is 0.807. The predicted octanol–water partition coefficient (Wildman–Crippen LogP) is 12.1. The fourth-order valence-corrected chi connectivity index (χ4v) is 8.24. The number of benzene rings is 7.